The second-order valence-electron chi connectivity index (χ2n) is 7.20. The third-order valence-electron chi connectivity index (χ3n) is 5.27. The Morgan fingerprint density at radius 2 is 2.00 bits per heavy atom. The molecule has 0 unspecified atom stereocenters. The maximum atomic E-state index is 13.0. The number of nitrogens with one attached hydrogen (secondary N) is 1. The van der Waals surface area contributed by atoms with E-state index >= 15 is 0 Å². The van der Waals surface area contributed by atoms with E-state index in [1.54, 1.807) is 17.8 Å². The fourth-order valence-electron chi connectivity index (χ4n) is 3.72. The molecule has 0 bridgehead atoms. The molecule has 1 amide bonds. The summed E-state index contributed by atoms with van der Waals surface area (Å²) in [5.41, 5.74) is 1.34. The molecule has 150 valence electrons. The van der Waals surface area contributed by atoms with Crippen LogP contribution in [0.1, 0.15) is 35.4 Å². The van der Waals surface area contributed by atoms with Gasteiger partial charge in [0, 0.05) is 24.8 Å². The first kappa shape index (κ1) is 19.0. The lowest BCUT2D eigenvalue weighted by Gasteiger charge is -2.36. The van der Waals surface area contributed by atoms with Crippen molar-refractivity contribution in [3.8, 4) is 5.69 Å². The Balaban J connectivity index is 1.66. The lowest BCUT2D eigenvalue weighted by molar-refractivity contribution is -0.139. The zero-order valence-electron chi connectivity index (χ0n) is 16.0. The van der Waals surface area contributed by atoms with E-state index in [0.29, 0.717) is 31.7 Å². The summed E-state index contributed by atoms with van der Waals surface area (Å²) in [6, 6.07) is 9.52. The van der Waals surface area contributed by atoms with Crippen LogP contribution < -0.4 is 5.32 Å². The van der Waals surface area contributed by atoms with E-state index in [9.17, 15) is 14.7 Å². The third-order valence-corrected chi connectivity index (χ3v) is 5.27. The predicted molar refractivity (Wildman–Crippen MR) is 104 cm³/mol. The number of amides is 1. The Morgan fingerprint density at radius 1 is 1.24 bits per heavy atom. The van der Waals surface area contributed by atoms with Crippen molar-refractivity contribution < 1.29 is 19.4 Å². The van der Waals surface area contributed by atoms with E-state index in [4.69, 9.17) is 4.74 Å². The molecule has 2 aromatic heterocycles. The molecule has 0 spiro atoms. The number of carboxylic acid groups (broad SMARTS) is 1. The number of ether oxygens (including phenoxy) is 1. The largest absolute Gasteiger partial charge is 0.481 e. The van der Waals surface area contributed by atoms with E-state index < -0.39 is 17.4 Å². The molecule has 3 aromatic rings. The van der Waals surface area contributed by atoms with E-state index in [-0.39, 0.29) is 12.1 Å². The maximum Gasteiger partial charge on any atom is 0.305 e. The van der Waals surface area contributed by atoms with Crippen LogP contribution in [0.5, 0.6) is 0 Å². The van der Waals surface area contributed by atoms with Gasteiger partial charge in [-0.1, -0.05) is 23.4 Å². The molecule has 1 fully saturated rings. The molecule has 4 rings (SSSR count). The molecular formula is C20H21N5O4. The lowest BCUT2D eigenvalue weighted by atomic mass is 9.86. The van der Waals surface area contributed by atoms with Gasteiger partial charge < -0.3 is 15.2 Å². The summed E-state index contributed by atoms with van der Waals surface area (Å²) in [4.78, 5) is 28.7. The highest BCUT2D eigenvalue weighted by atomic mass is 16.5. The molecular weight excluding hydrogens is 374 g/mol. The number of aromatic nitrogens is 4. The smallest absolute Gasteiger partial charge is 0.305 e. The van der Waals surface area contributed by atoms with Crippen LogP contribution in [-0.2, 0) is 9.53 Å². The van der Waals surface area contributed by atoms with Crippen LogP contribution in [0.25, 0.3) is 16.6 Å². The van der Waals surface area contributed by atoms with Gasteiger partial charge in [-0.2, -0.15) is 0 Å². The number of benzene rings is 1. The maximum absolute atomic E-state index is 13.0. The highest BCUT2D eigenvalue weighted by Crippen LogP contribution is 2.26. The van der Waals surface area contributed by atoms with Gasteiger partial charge in [0.15, 0.2) is 5.69 Å². The first-order valence-corrected chi connectivity index (χ1v) is 9.38. The topological polar surface area (TPSA) is 119 Å². The van der Waals surface area contributed by atoms with Crippen molar-refractivity contribution in [3.05, 3.63) is 47.9 Å². The zero-order chi connectivity index (χ0) is 20.4. The summed E-state index contributed by atoms with van der Waals surface area (Å²) in [5.74, 6) is -1.40. The molecule has 0 aliphatic carbocycles. The van der Waals surface area contributed by atoms with Gasteiger partial charge in [0.05, 0.1) is 28.9 Å². The second-order valence-corrected chi connectivity index (χ2v) is 7.20. The SMILES string of the molecule is Cc1c(C(=O)NC2(CC(=O)O)CCOCC2)nnn1-c1cccc2cccnc12. The van der Waals surface area contributed by atoms with Crippen molar-refractivity contribution in [3.63, 3.8) is 0 Å². The van der Waals surface area contributed by atoms with Crippen LogP contribution in [0.4, 0.5) is 0 Å². The normalized spacial score (nSPS) is 15.9. The van der Waals surface area contributed by atoms with Crippen LogP contribution >= 0.6 is 0 Å². The van der Waals surface area contributed by atoms with Crippen molar-refractivity contribution in [1.29, 1.82) is 0 Å². The molecule has 9 nitrogen and oxygen atoms in total. The van der Waals surface area contributed by atoms with E-state index in [2.05, 4.69) is 20.6 Å². The molecule has 1 aliphatic rings. The number of carbonyl (C=O) groups excluding carboxylic acids is 1. The highest BCUT2D eigenvalue weighted by molar-refractivity contribution is 5.94. The standard InChI is InChI=1S/C20H21N5O4/c1-13-17(19(28)22-20(12-16(26)27)7-10-29-11-8-20)23-24-25(13)15-6-2-4-14-5-3-9-21-18(14)15/h2-6,9H,7-8,10-12H2,1H3,(H,22,28)(H,26,27). The fourth-order valence-corrected chi connectivity index (χ4v) is 3.72. The number of aliphatic carboxylic acids is 1. The summed E-state index contributed by atoms with van der Waals surface area (Å²) in [6.45, 7) is 2.56. The average Bonchev–Trinajstić information content (AvgIpc) is 3.09. The van der Waals surface area contributed by atoms with Crippen molar-refractivity contribution in [2.75, 3.05) is 13.2 Å². The molecule has 1 aromatic carbocycles. The number of pyridine rings is 1. The second kappa shape index (κ2) is 7.59. The van der Waals surface area contributed by atoms with Crippen molar-refractivity contribution in [2.45, 2.75) is 31.7 Å². The van der Waals surface area contributed by atoms with Gasteiger partial charge >= 0.3 is 5.97 Å². The van der Waals surface area contributed by atoms with Crippen LogP contribution in [0.15, 0.2) is 36.5 Å². The quantitative estimate of drug-likeness (QED) is 0.677. The predicted octanol–water partition coefficient (Wildman–Crippen LogP) is 1.88. The number of carbonyl (C=O) groups is 2. The summed E-state index contributed by atoms with van der Waals surface area (Å²) in [6.07, 6.45) is 2.41. The molecule has 0 atom stereocenters. The Labute approximate surface area is 166 Å². The van der Waals surface area contributed by atoms with Crippen LogP contribution in [0.2, 0.25) is 0 Å². The Bertz CT molecular complexity index is 1070. The van der Waals surface area contributed by atoms with Gasteiger partial charge in [0.2, 0.25) is 0 Å². The van der Waals surface area contributed by atoms with Gasteiger partial charge in [-0.05, 0) is 31.9 Å². The third kappa shape index (κ3) is 3.68. The number of hydrogen-bond donors (Lipinski definition) is 2. The highest BCUT2D eigenvalue weighted by Gasteiger charge is 2.37. The van der Waals surface area contributed by atoms with Gasteiger partial charge in [-0.25, -0.2) is 4.68 Å². The van der Waals surface area contributed by atoms with Crippen molar-refractivity contribution in [2.24, 2.45) is 0 Å². The van der Waals surface area contributed by atoms with Gasteiger partial charge in [-0.15, -0.1) is 5.10 Å². The van der Waals surface area contributed by atoms with Crippen molar-refractivity contribution in [1.82, 2.24) is 25.3 Å². The van der Waals surface area contributed by atoms with Gasteiger partial charge in [0.1, 0.15) is 0 Å². The molecule has 0 saturated carbocycles. The molecule has 3 heterocycles. The number of fused-ring (bicyclic) bond motifs is 1. The summed E-state index contributed by atoms with van der Waals surface area (Å²) in [5, 5.41) is 21.4. The molecule has 29 heavy (non-hydrogen) atoms. The molecule has 9 heteroatoms. The van der Waals surface area contributed by atoms with Gasteiger partial charge in [-0.3, -0.25) is 14.6 Å². The number of carboxylic acids is 1. The summed E-state index contributed by atoms with van der Waals surface area (Å²) < 4.78 is 6.92. The number of nitrogens with zero attached hydrogens (tertiary/aromatic N) is 4. The first-order valence-electron chi connectivity index (χ1n) is 9.38. The molecule has 2 N–H and O–H groups in total. The van der Waals surface area contributed by atoms with E-state index in [0.717, 1.165) is 16.6 Å². The monoisotopic (exact) mass is 395 g/mol. The zero-order valence-corrected chi connectivity index (χ0v) is 16.0. The molecule has 0 radical (unpaired) electrons. The minimum Gasteiger partial charge on any atom is -0.481 e. The minimum absolute atomic E-state index is 0.161. The van der Waals surface area contributed by atoms with Crippen LogP contribution in [0.3, 0.4) is 0 Å². The number of hydrogen-bond acceptors (Lipinski definition) is 6. The van der Waals surface area contributed by atoms with Crippen LogP contribution in [-0.4, -0.2) is 55.7 Å². The lowest BCUT2D eigenvalue weighted by Crippen LogP contribution is -2.53. The van der Waals surface area contributed by atoms with E-state index in [1.165, 1.54) is 0 Å². The minimum atomic E-state index is -0.964. The van der Waals surface area contributed by atoms with E-state index in [1.807, 2.05) is 30.3 Å². The fraction of sp³-hybridized carbons (Fsp3) is 0.350. The Hall–Kier alpha value is -3.33. The average molecular weight is 395 g/mol. The first-order chi connectivity index (χ1) is 14.0. The summed E-state index contributed by atoms with van der Waals surface area (Å²) >= 11 is 0. The molecule has 1 saturated heterocycles. The number of rotatable bonds is 5. The van der Waals surface area contributed by atoms with Crippen molar-refractivity contribution >= 4 is 22.8 Å². The Morgan fingerprint density at radius 3 is 2.76 bits per heavy atom. The molecule has 1 aliphatic heterocycles. The Kier molecular flexibility index (Phi) is 4.98. The van der Waals surface area contributed by atoms with Crippen LogP contribution in [0, 0.1) is 6.92 Å². The summed E-state index contributed by atoms with van der Waals surface area (Å²) in [7, 11) is 0. The van der Waals surface area contributed by atoms with Gasteiger partial charge in [0.25, 0.3) is 5.91 Å². The number of para-hydroxylation sites is 1.